The summed E-state index contributed by atoms with van der Waals surface area (Å²) in [5.41, 5.74) is 12.0. The SMILES string of the molecule is CCO/N=C(\C(=O)N[C@@H]1C(=O)N2C(C(=O)[O-])=C(C[n+]3ccn4nc(SCCN)ccc43)CS[C@H]12)c1nsc(N)n1. The average molecular weight is 605 g/mol. The minimum Gasteiger partial charge on any atom is -0.543 e. The fourth-order valence-electron chi connectivity index (χ4n) is 4.20. The number of fused-ring (bicyclic) bond motifs is 2. The lowest BCUT2D eigenvalue weighted by molar-refractivity contribution is -0.662. The number of aliphatic carboxylic acids is 1. The van der Waals surface area contributed by atoms with E-state index in [0.29, 0.717) is 17.9 Å². The number of carboxylic acid groups (broad SMARTS) is 1. The second kappa shape index (κ2) is 11.8. The third kappa shape index (κ3) is 5.34. The molecular formula is C22H24N10O5S3. The van der Waals surface area contributed by atoms with Crippen LogP contribution < -0.4 is 26.5 Å². The molecule has 2 aliphatic heterocycles. The Morgan fingerprint density at radius 2 is 2.23 bits per heavy atom. The molecule has 210 valence electrons. The highest BCUT2D eigenvalue weighted by Gasteiger charge is 2.53. The van der Waals surface area contributed by atoms with E-state index in [4.69, 9.17) is 16.3 Å². The molecule has 2 atom stereocenters. The first-order valence-electron chi connectivity index (χ1n) is 12.0. The minimum atomic E-state index is -1.47. The number of anilines is 1. The molecule has 0 aromatic carbocycles. The number of carboxylic acids is 1. The second-order valence-electron chi connectivity index (χ2n) is 8.45. The molecule has 3 aromatic heterocycles. The Labute approximate surface area is 239 Å². The van der Waals surface area contributed by atoms with Crippen LogP contribution in [0.5, 0.6) is 0 Å². The molecule has 0 spiro atoms. The van der Waals surface area contributed by atoms with Crippen LogP contribution in [0.15, 0.2) is 46.0 Å². The van der Waals surface area contributed by atoms with E-state index in [1.54, 1.807) is 23.8 Å². The number of amides is 2. The summed E-state index contributed by atoms with van der Waals surface area (Å²) < 4.78 is 7.53. The number of β-lactam (4-membered cyclic amide) rings is 1. The first-order chi connectivity index (χ1) is 19.3. The monoisotopic (exact) mass is 604 g/mol. The Morgan fingerprint density at radius 3 is 2.92 bits per heavy atom. The number of nitrogen functional groups attached to an aromatic ring is 1. The number of hydrogen-bond donors (Lipinski definition) is 3. The van der Waals surface area contributed by atoms with Gasteiger partial charge in [-0.2, -0.15) is 9.36 Å². The molecule has 0 aliphatic carbocycles. The van der Waals surface area contributed by atoms with Gasteiger partial charge in [0.25, 0.3) is 11.8 Å². The summed E-state index contributed by atoms with van der Waals surface area (Å²) in [6.07, 6.45) is 3.56. The Hall–Kier alpha value is -3.74. The van der Waals surface area contributed by atoms with Crippen molar-refractivity contribution >= 4 is 69.3 Å². The first-order valence-corrected chi connectivity index (χ1v) is 14.8. The van der Waals surface area contributed by atoms with Gasteiger partial charge in [0.15, 0.2) is 11.3 Å². The van der Waals surface area contributed by atoms with Crippen LogP contribution >= 0.6 is 35.1 Å². The zero-order valence-corrected chi connectivity index (χ0v) is 23.5. The van der Waals surface area contributed by atoms with Crippen molar-refractivity contribution in [1.29, 1.82) is 0 Å². The number of aromatic nitrogens is 5. The summed E-state index contributed by atoms with van der Waals surface area (Å²) in [4.78, 5) is 48.5. The van der Waals surface area contributed by atoms with Gasteiger partial charge in [0.2, 0.25) is 11.5 Å². The van der Waals surface area contributed by atoms with Crippen molar-refractivity contribution in [2.75, 3.05) is 30.4 Å². The zero-order chi connectivity index (χ0) is 28.4. The number of thioether (sulfide) groups is 2. The van der Waals surface area contributed by atoms with Crippen molar-refractivity contribution in [3.8, 4) is 0 Å². The first kappa shape index (κ1) is 27.8. The minimum absolute atomic E-state index is 0.0395. The molecule has 1 saturated heterocycles. The topological polar surface area (TPSA) is 210 Å². The molecule has 18 heteroatoms. The van der Waals surface area contributed by atoms with E-state index in [0.717, 1.165) is 32.9 Å². The van der Waals surface area contributed by atoms with Gasteiger partial charge in [-0.1, -0.05) is 10.3 Å². The Morgan fingerprint density at radius 1 is 1.40 bits per heavy atom. The predicted molar refractivity (Wildman–Crippen MR) is 145 cm³/mol. The molecule has 2 aliphatic rings. The van der Waals surface area contributed by atoms with Crippen LogP contribution in [0, 0.1) is 0 Å². The standard InChI is InChI=1S/C22H24N10O5S3/c1-2-37-28-14(17-26-22(24)40-29-17)18(33)25-15-19(34)32-16(21(35)36)11(10-39-20(15)32)9-30-6-7-31-13(30)4-3-12(27-31)38-8-5-23/h3-4,6-7,15,20H,2,5,8-10,23H2,1H3,(H3-,24,25,26,29,33,35,36)/b28-14-/t15-,20-/m1/s1. The van der Waals surface area contributed by atoms with Crippen molar-refractivity contribution < 1.29 is 28.9 Å². The fraction of sp³-hybridized carbons (Fsp3) is 0.364. The van der Waals surface area contributed by atoms with Gasteiger partial charge in [-0.15, -0.1) is 28.0 Å². The van der Waals surface area contributed by atoms with Crippen LogP contribution in [-0.4, -0.2) is 83.4 Å². The van der Waals surface area contributed by atoms with Crippen LogP contribution in [0.1, 0.15) is 12.7 Å². The third-order valence-corrected chi connectivity index (χ3v) is 8.74. The van der Waals surface area contributed by atoms with Crippen molar-refractivity contribution in [1.82, 2.24) is 29.2 Å². The highest BCUT2D eigenvalue weighted by molar-refractivity contribution is 8.00. The summed E-state index contributed by atoms with van der Waals surface area (Å²) in [5, 5.41) is 23.4. The smallest absolute Gasteiger partial charge is 0.307 e. The van der Waals surface area contributed by atoms with Gasteiger partial charge in [-0.05, 0) is 13.0 Å². The van der Waals surface area contributed by atoms with Crippen LogP contribution in [0.3, 0.4) is 0 Å². The molecule has 2 amide bonds. The van der Waals surface area contributed by atoms with Crippen molar-refractivity contribution in [2.45, 2.75) is 29.9 Å². The number of rotatable bonds is 11. The normalized spacial score (nSPS) is 19.0. The molecule has 0 saturated carbocycles. The number of nitrogens with two attached hydrogens (primary N) is 2. The number of carbonyl (C=O) groups excluding carboxylic acids is 3. The molecule has 5 N–H and O–H groups in total. The molecule has 5 heterocycles. The maximum Gasteiger partial charge on any atom is 0.307 e. The summed E-state index contributed by atoms with van der Waals surface area (Å²) >= 11 is 3.75. The van der Waals surface area contributed by atoms with E-state index in [2.05, 4.69) is 24.9 Å². The number of nitrogens with one attached hydrogen (secondary N) is 1. The molecule has 3 aromatic rings. The molecule has 5 rings (SSSR count). The number of imidazole rings is 1. The molecule has 0 bridgehead atoms. The highest BCUT2D eigenvalue weighted by Crippen LogP contribution is 2.40. The van der Waals surface area contributed by atoms with E-state index in [9.17, 15) is 19.5 Å². The van der Waals surface area contributed by atoms with Gasteiger partial charge in [-0.25, -0.2) is 4.57 Å². The van der Waals surface area contributed by atoms with E-state index in [-0.39, 0.29) is 35.5 Å². The summed E-state index contributed by atoms with van der Waals surface area (Å²) in [6.45, 7) is 2.62. The van der Waals surface area contributed by atoms with Gasteiger partial charge in [0.05, 0.1) is 11.7 Å². The van der Waals surface area contributed by atoms with Crippen LogP contribution in [0.4, 0.5) is 5.13 Å². The molecule has 0 radical (unpaired) electrons. The van der Waals surface area contributed by atoms with Gasteiger partial charge in [-0.3, -0.25) is 14.5 Å². The molecule has 1 fully saturated rings. The van der Waals surface area contributed by atoms with E-state index in [1.165, 1.54) is 23.5 Å². The Bertz CT molecular complexity index is 1540. The highest BCUT2D eigenvalue weighted by atomic mass is 32.2. The fourth-order valence-corrected chi connectivity index (χ4v) is 6.60. The summed E-state index contributed by atoms with van der Waals surface area (Å²) in [5.74, 6) is -1.80. The quantitative estimate of drug-likeness (QED) is 0.0710. The predicted octanol–water partition coefficient (Wildman–Crippen LogP) is -2.05. The second-order valence-corrected chi connectivity index (χ2v) is 11.5. The molecular weight excluding hydrogens is 581 g/mol. The molecule has 15 nitrogen and oxygen atoms in total. The van der Waals surface area contributed by atoms with Gasteiger partial charge >= 0.3 is 5.65 Å². The number of hydrogen-bond acceptors (Lipinski definition) is 14. The number of carbonyl (C=O) groups is 3. The van der Waals surface area contributed by atoms with Crippen molar-refractivity contribution in [3.05, 3.63) is 41.6 Å². The number of nitrogens with zero attached hydrogens (tertiary/aromatic N) is 7. The average Bonchev–Trinajstić information content (AvgIpc) is 3.55. The van der Waals surface area contributed by atoms with Gasteiger partial charge < -0.3 is 31.5 Å². The third-order valence-electron chi connectivity index (χ3n) is 5.91. The number of oxime groups is 1. The van der Waals surface area contributed by atoms with E-state index >= 15 is 0 Å². The summed E-state index contributed by atoms with van der Waals surface area (Å²) in [7, 11) is 0. The lowest BCUT2D eigenvalue weighted by Gasteiger charge is -2.50. The van der Waals surface area contributed by atoms with Gasteiger partial charge in [0, 0.05) is 41.2 Å². The lowest BCUT2D eigenvalue weighted by atomic mass is 10.0. The van der Waals surface area contributed by atoms with E-state index < -0.39 is 29.2 Å². The summed E-state index contributed by atoms with van der Waals surface area (Å²) in [6, 6.07) is 2.76. The molecule has 0 unspecified atom stereocenters. The largest absolute Gasteiger partial charge is 0.543 e. The maximum absolute atomic E-state index is 13.1. The lowest BCUT2D eigenvalue weighted by Crippen LogP contribution is -2.71. The van der Waals surface area contributed by atoms with Gasteiger partial charge in [0.1, 0.15) is 35.8 Å². The van der Waals surface area contributed by atoms with Crippen LogP contribution in [-0.2, 0) is 25.8 Å². The Kier molecular flexibility index (Phi) is 8.19. The maximum atomic E-state index is 13.1. The van der Waals surface area contributed by atoms with E-state index in [1.807, 2.05) is 16.7 Å². The zero-order valence-electron chi connectivity index (χ0n) is 21.1. The van der Waals surface area contributed by atoms with Crippen LogP contribution in [0.25, 0.3) is 5.65 Å². The van der Waals surface area contributed by atoms with Crippen molar-refractivity contribution in [2.24, 2.45) is 10.9 Å². The van der Waals surface area contributed by atoms with Crippen LogP contribution in [0.2, 0.25) is 0 Å². The Balaban J connectivity index is 1.34. The van der Waals surface area contributed by atoms with Crippen molar-refractivity contribution in [3.63, 3.8) is 0 Å². The molecule has 40 heavy (non-hydrogen) atoms.